The van der Waals surface area contributed by atoms with Crippen LogP contribution in [0.5, 0.6) is 10.9 Å². The third-order valence-electron chi connectivity index (χ3n) is 2.61. The van der Waals surface area contributed by atoms with E-state index in [2.05, 4.69) is 4.98 Å². The van der Waals surface area contributed by atoms with E-state index in [9.17, 15) is 0 Å². The number of furan rings is 1. The number of thiazole rings is 1. The van der Waals surface area contributed by atoms with E-state index in [0.29, 0.717) is 21.6 Å². The second kappa shape index (κ2) is 5.13. The van der Waals surface area contributed by atoms with Crippen LogP contribution in [-0.2, 0) is 6.61 Å². The minimum atomic E-state index is -0.211. The number of hydrogen-bond donors (Lipinski definition) is 1. The van der Waals surface area contributed by atoms with Crippen molar-refractivity contribution in [3.63, 3.8) is 0 Å². The summed E-state index contributed by atoms with van der Waals surface area (Å²) in [7, 11) is 0. The molecule has 2 aromatic heterocycles. The molecule has 0 saturated carbocycles. The van der Waals surface area contributed by atoms with Crippen molar-refractivity contribution in [1.29, 1.82) is 5.26 Å². The number of rotatable bonds is 3. The Labute approximate surface area is 122 Å². The lowest BCUT2D eigenvalue weighted by Gasteiger charge is -1.98. The lowest BCUT2D eigenvalue weighted by molar-refractivity contribution is 0.285. The zero-order valence-corrected chi connectivity index (χ0v) is 11.5. The van der Waals surface area contributed by atoms with E-state index in [-0.39, 0.29) is 22.7 Å². The zero-order chi connectivity index (χ0) is 14.1. The summed E-state index contributed by atoms with van der Waals surface area (Å²) < 4.78 is 11.0. The first-order chi connectivity index (χ1) is 9.72. The average Bonchev–Trinajstić information content (AvgIpc) is 3.00. The summed E-state index contributed by atoms with van der Waals surface area (Å²) in [6, 6.07) is 9.11. The van der Waals surface area contributed by atoms with Gasteiger partial charge in [0.25, 0.3) is 5.19 Å². The van der Waals surface area contributed by atoms with Crippen LogP contribution in [0.25, 0.3) is 11.0 Å². The zero-order valence-electron chi connectivity index (χ0n) is 9.96. The molecule has 0 aliphatic heterocycles. The van der Waals surface area contributed by atoms with Crippen LogP contribution in [-0.4, -0.2) is 10.1 Å². The molecule has 7 heteroatoms. The third-order valence-corrected chi connectivity index (χ3v) is 3.96. The van der Waals surface area contributed by atoms with Gasteiger partial charge in [-0.2, -0.15) is 10.2 Å². The molecular weight excluding hydrogens is 300 g/mol. The number of para-hydroxylation sites is 1. The highest BCUT2D eigenvalue weighted by molar-refractivity contribution is 7.13. The largest absolute Gasteiger partial charge is 0.442 e. The van der Waals surface area contributed by atoms with E-state index in [1.807, 2.05) is 12.1 Å². The fourth-order valence-electron chi connectivity index (χ4n) is 1.74. The van der Waals surface area contributed by atoms with Gasteiger partial charge in [0, 0.05) is 0 Å². The minimum absolute atomic E-state index is 0.0723. The van der Waals surface area contributed by atoms with E-state index in [4.69, 9.17) is 31.1 Å². The monoisotopic (exact) mass is 306 g/mol. The van der Waals surface area contributed by atoms with Gasteiger partial charge >= 0.3 is 0 Å². The van der Waals surface area contributed by atoms with Gasteiger partial charge in [-0.1, -0.05) is 35.1 Å². The number of nitriles is 1. The lowest BCUT2D eigenvalue weighted by atomic mass is 10.2. The quantitative estimate of drug-likeness (QED) is 0.798. The van der Waals surface area contributed by atoms with Gasteiger partial charge in [0.2, 0.25) is 5.76 Å². The van der Waals surface area contributed by atoms with Crippen LogP contribution in [0, 0.1) is 11.3 Å². The van der Waals surface area contributed by atoms with Gasteiger partial charge in [0.05, 0.1) is 16.9 Å². The number of benzene rings is 1. The van der Waals surface area contributed by atoms with Crippen molar-refractivity contribution in [1.82, 2.24) is 4.98 Å². The molecule has 3 aromatic rings. The maximum absolute atomic E-state index is 9.10. The molecule has 5 nitrogen and oxygen atoms in total. The number of aliphatic hydroxyl groups excluding tert-OH is 1. The van der Waals surface area contributed by atoms with Crippen LogP contribution < -0.4 is 4.74 Å². The van der Waals surface area contributed by atoms with E-state index in [0.717, 1.165) is 11.3 Å². The van der Waals surface area contributed by atoms with E-state index < -0.39 is 0 Å². The fraction of sp³-hybridized carbons (Fsp3) is 0.0769. The molecule has 20 heavy (non-hydrogen) atoms. The Morgan fingerprint density at radius 3 is 2.95 bits per heavy atom. The van der Waals surface area contributed by atoms with Crippen molar-refractivity contribution in [2.24, 2.45) is 0 Å². The standard InChI is InChI=1S/C13H7ClN2O3S/c14-12-10(6-17)20-13(16-12)19-11-7-3-1-2-4-8(7)18-9(11)5-15/h1-4,17H,6H2. The molecular formula is C13H7ClN2O3S. The summed E-state index contributed by atoms with van der Waals surface area (Å²) >= 11 is 6.97. The number of hydrogen-bond acceptors (Lipinski definition) is 6. The Morgan fingerprint density at radius 2 is 2.25 bits per heavy atom. The normalized spacial score (nSPS) is 10.7. The molecule has 0 aliphatic carbocycles. The van der Waals surface area contributed by atoms with Gasteiger partial charge in [-0.25, -0.2) is 0 Å². The summed E-state index contributed by atoms with van der Waals surface area (Å²) in [6.45, 7) is -0.211. The SMILES string of the molecule is N#Cc1oc2ccccc2c1Oc1nc(Cl)c(CO)s1. The first-order valence-electron chi connectivity index (χ1n) is 5.58. The Balaban J connectivity index is 2.07. The molecule has 0 aliphatic rings. The van der Waals surface area contributed by atoms with Crippen molar-refractivity contribution in [3.05, 3.63) is 40.1 Å². The maximum Gasteiger partial charge on any atom is 0.280 e. The second-order valence-corrected chi connectivity index (χ2v) is 5.23. The highest BCUT2D eigenvalue weighted by Gasteiger charge is 2.18. The average molecular weight is 307 g/mol. The number of halogens is 1. The maximum atomic E-state index is 9.10. The predicted octanol–water partition coefficient (Wildman–Crippen LogP) is 3.70. The molecule has 0 radical (unpaired) electrons. The van der Waals surface area contributed by atoms with Crippen LogP contribution in [0.3, 0.4) is 0 Å². The number of nitrogens with zero attached hydrogens (tertiary/aromatic N) is 2. The molecule has 0 fully saturated rings. The summed E-state index contributed by atoms with van der Waals surface area (Å²) in [5.74, 6) is 0.376. The van der Waals surface area contributed by atoms with Crippen molar-refractivity contribution in [3.8, 4) is 17.0 Å². The van der Waals surface area contributed by atoms with Crippen LogP contribution in [0.4, 0.5) is 0 Å². The molecule has 0 saturated heterocycles. The van der Waals surface area contributed by atoms with Crippen LogP contribution >= 0.6 is 22.9 Å². The Hall–Kier alpha value is -2.07. The Kier molecular flexibility index (Phi) is 3.32. The molecule has 0 amide bonds. The molecule has 0 spiro atoms. The van der Waals surface area contributed by atoms with Crippen LogP contribution in [0.1, 0.15) is 10.6 Å². The van der Waals surface area contributed by atoms with Gasteiger partial charge in [-0.3, -0.25) is 0 Å². The van der Waals surface area contributed by atoms with Crippen LogP contribution in [0.15, 0.2) is 28.7 Å². The van der Waals surface area contributed by atoms with E-state index in [1.54, 1.807) is 18.2 Å². The molecule has 0 atom stereocenters. The summed E-state index contributed by atoms with van der Waals surface area (Å²) in [5, 5.41) is 19.3. The summed E-state index contributed by atoms with van der Waals surface area (Å²) in [6.07, 6.45) is 0. The molecule has 1 N–H and O–H groups in total. The van der Waals surface area contributed by atoms with Crippen molar-refractivity contribution < 1.29 is 14.3 Å². The smallest absolute Gasteiger partial charge is 0.280 e. The molecule has 100 valence electrons. The van der Waals surface area contributed by atoms with Gasteiger partial charge in [-0.05, 0) is 12.1 Å². The Morgan fingerprint density at radius 1 is 1.45 bits per heavy atom. The lowest BCUT2D eigenvalue weighted by Crippen LogP contribution is -1.84. The van der Waals surface area contributed by atoms with Gasteiger partial charge in [0.15, 0.2) is 5.75 Å². The highest BCUT2D eigenvalue weighted by Crippen LogP contribution is 2.38. The number of fused-ring (bicyclic) bond motifs is 1. The molecule has 3 rings (SSSR count). The van der Waals surface area contributed by atoms with Gasteiger partial charge < -0.3 is 14.3 Å². The minimum Gasteiger partial charge on any atom is -0.442 e. The number of aromatic nitrogens is 1. The highest BCUT2D eigenvalue weighted by atomic mass is 35.5. The number of ether oxygens (including phenoxy) is 1. The summed E-state index contributed by atoms with van der Waals surface area (Å²) in [4.78, 5) is 4.50. The molecule has 0 unspecified atom stereocenters. The molecule has 0 bridgehead atoms. The molecule has 2 heterocycles. The molecule has 1 aromatic carbocycles. The first kappa shape index (κ1) is 12.9. The predicted molar refractivity (Wildman–Crippen MR) is 74.0 cm³/mol. The van der Waals surface area contributed by atoms with Gasteiger partial charge in [0.1, 0.15) is 16.8 Å². The first-order valence-corrected chi connectivity index (χ1v) is 6.78. The number of aliphatic hydroxyl groups is 1. The van der Waals surface area contributed by atoms with E-state index in [1.165, 1.54) is 0 Å². The fourth-order valence-corrected chi connectivity index (χ4v) is 2.71. The van der Waals surface area contributed by atoms with Crippen molar-refractivity contribution in [2.75, 3.05) is 0 Å². The van der Waals surface area contributed by atoms with Gasteiger partial charge in [-0.15, -0.1) is 0 Å². The Bertz CT molecular complexity index is 819. The second-order valence-electron chi connectivity index (χ2n) is 3.82. The van der Waals surface area contributed by atoms with Crippen molar-refractivity contribution in [2.45, 2.75) is 6.61 Å². The van der Waals surface area contributed by atoms with Crippen molar-refractivity contribution >= 4 is 33.9 Å². The topological polar surface area (TPSA) is 79.3 Å². The van der Waals surface area contributed by atoms with E-state index >= 15 is 0 Å². The third kappa shape index (κ3) is 2.12. The van der Waals surface area contributed by atoms with Crippen LogP contribution in [0.2, 0.25) is 5.15 Å². The summed E-state index contributed by atoms with van der Waals surface area (Å²) in [5.41, 5.74) is 0.559.